The lowest BCUT2D eigenvalue weighted by Crippen LogP contribution is -2.36. The maximum Gasteiger partial charge on any atom is 0.236 e. The minimum atomic E-state index is 0.0419. The van der Waals surface area contributed by atoms with Crippen LogP contribution in [0.15, 0.2) is 53.0 Å². The fraction of sp³-hybridized carbons (Fsp3) is 0.316. The van der Waals surface area contributed by atoms with Crippen LogP contribution in [0.1, 0.15) is 5.56 Å². The van der Waals surface area contributed by atoms with Crippen LogP contribution < -0.4 is 14.8 Å². The molecule has 0 bridgehead atoms. The molecule has 0 aromatic heterocycles. The van der Waals surface area contributed by atoms with E-state index in [2.05, 4.69) is 21.2 Å². The molecule has 0 aliphatic rings. The molecule has 25 heavy (non-hydrogen) atoms. The Morgan fingerprint density at radius 1 is 1.12 bits per heavy atom. The van der Waals surface area contributed by atoms with E-state index in [1.807, 2.05) is 48.5 Å². The first-order valence-electron chi connectivity index (χ1n) is 8.05. The number of likely N-dealkylation sites (N-methyl/N-ethyl adjacent to an activating group) is 1. The lowest BCUT2D eigenvalue weighted by molar-refractivity contribution is -0.129. The fourth-order valence-electron chi connectivity index (χ4n) is 2.21. The number of carbonyl (C=O) groups is 1. The van der Waals surface area contributed by atoms with Crippen molar-refractivity contribution in [3.63, 3.8) is 0 Å². The smallest absolute Gasteiger partial charge is 0.236 e. The number of nitrogens with one attached hydrogen (secondary N) is 1. The molecule has 5 nitrogen and oxygen atoms in total. The van der Waals surface area contributed by atoms with Crippen LogP contribution in [-0.2, 0) is 11.3 Å². The largest absolute Gasteiger partial charge is 0.497 e. The number of rotatable bonds is 9. The van der Waals surface area contributed by atoms with Crippen LogP contribution in [0.25, 0.3) is 0 Å². The average molecular weight is 407 g/mol. The average Bonchev–Trinajstić information content (AvgIpc) is 2.63. The van der Waals surface area contributed by atoms with Crippen LogP contribution in [0.4, 0.5) is 0 Å². The third-order valence-electron chi connectivity index (χ3n) is 3.67. The Morgan fingerprint density at radius 2 is 1.80 bits per heavy atom. The molecular formula is C19H23BrN2O3. The summed E-state index contributed by atoms with van der Waals surface area (Å²) in [5.41, 5.74) is 1.08. The van der Waals surface area contributed by atoms with Gasteiger partial charge in [0.25, 0.3) is 0 Å². The maximum atomic E-state index is 12.2. The van der Waals surface area contributed by atoms with Gasteiger partial charge < -0.3 is 19.7 Å². The van der Waals surface area contributed by atoms with Gasteiger partial charge in [-0.15, -0.1) is 0 Å². The molecule has 0 atom stereocenters. The molecule has 2 aromatic carbocycles. The quantitative estimate of drug-likeness (QED) is 0.650. The SMILES string of the molecule is COc1ccc(OCCNCC(=O)N(C)Cc2ccccc2Br)cc1. The Kier molecular flexibility index (Phi) is 7.76. The molecular weight excluding hydrogens is 384 g/mol. The third kappa shape index (κ3) is 6.40. The van der Waals surface area contributed by atoms with Crippen molar-refractivity contribution in [2.24, 2.45) is 0 Å². The van der Waals surface area contributed by atoms with Crippen LogP contribution in [0.2, 0.25) is 0 Å². The summed E-state index contributed by atoms with van der Waals surface area (Å²) in [6.07, 6.45) is 0. The highest BCUT2D eigenvalue weighted by atomic mass is 79.9. The standard InChI is InChI=1S/C19H23BrN2O3/c1-22(14-15-5-3-4-6-18(15)20)19(23)13-21-11-12-25-17-9-7-16(24-2)8-10-17/h3-10,21H,11-14H2,1-2H3. The van der Waals surface area contributed by atoms with E-state index in [1.54, 1.807) is 19.1 Å². The van der Waals surface area contributed by atoms with Crippen molar-refractivity contribution in [1.29, 1.82) is 0 Å². The zero-order valence-corrected chi connectivity index (χ0v) is 16.1. The number of benzene rings is 2. The number of halogens is 1. The normalized spacial score (nSPS) is 10.4. The number of nitrogens with zero attached hydrogens (tertiary/aromatic N) is 1. The molecule has 1 amide bonds. The summed E-state index contributed by atoms with van der Waals surface area (Å²) in [7, 11) is 3.43. The van der Waals surface area contributed by atoms with Gasteiger partial charge in [0.05, 0.1) is 13.7 Å². The number of carbonyl (C=O) groups excluding carboxylic acids is 1. The van der Waals surface area contributed by atoms with E-state index >= 15 is 0 Å². The Morgan fingerprint density at radius 3 is 2.48 bits per heavy atom. The van der Waals surface area contributed by atoms with Gasteiger partial charge in [-0.3, -0.25) is 4.79 Å². The van der Waals surface area contributed by atoms with Gasteiger partial charge in [-0.2, -0.15) is 0 Å². The Bertz CT molecular complexity index is 677. The Hall–Kier alpha value is -2.05. The summed E-state index contributed by atoms with van der Waals surface area (Å²) in [6, 6.07) is 15.3. The molecule has 0 spiro atoms. The molecule has 0 heterocycles. The van der Waals surface area contributed by atoms with Gasteiger partial charge in [0.15, 0.2) is 0 Å². The summed E-state index contributed by atoms with van der Waals surface area (Å²) < 4.78 is 11.7. The summed E-state index contributed by atoms with van der Waals surface area (Å²) in [5.74, 6) is 1.62. The predicted octanol–water partition coefficient (Wildman–Crippen LogP) is 3.08. The monoisotopic (exact) mass is 406 g/mol. The van der Waals surface area contributed by atoms with Crippen molar-refractivity contribution < 1.29 is 14.3 Å². The molecule has 134 valence electrons. The van der Waals surface area contributed by atoms with Gasteiger partial charge in [-0.25, -0.2) is 0 Å². The molecule has 0 radical (unpaired) electrons. The van der Waals surface area contributed by atoms with Crippen molar-refractivity contribution in [2.45, 2.75) is 6.54 Å². The summed E-state index contributed by atoms with van der Waals surface area (Å²) in [4.78, 5) is 13.9. The van der Waals surface area contributed by atoms with Gasteiger partial charge >= 0.3 is 0 Å². The first-order valence-corrected chi connectivity index (χ1v) is 8.84. The van der Waals surface area contributed by atoms with Crippen molar-refractivity contribution >= 4 is 21.8 Å². The van der Waals surface area contributed by atoms with Crippen LogP contribution >= 0.6 is 15.9 Å². The number of ether oxygens (including phenoxy) is 2. The Labute approximate surface area is 157 Å². The molecule has 1 N–H and O–H groups in total. The third-order valence-corrected chi connectivity index (χ3v) is 4.45. The van der Waals surface area contributed by atoms with E-state index < -0.39 is 0 Å². The van der Waals surface area contributed by atoms with Gasteiger partial charge in [-0.05, 0) is 35.9 Å². The lowest BCUT2D eigenvalue weighted by Gasteiger charge is -2.18. The number of methoxy groups -OCH3 is 1. The highest BCUT2D eigenvalue weighted by molar-refractivity contribution is 9.10. The van der Waals surface area contributed by atoms with E-state index in [9.17, 15) is 4.79 Å². The van der Waals surface area contributed by atoms with E-state index in [4.69, 9.17) is 9.47 Å². The van der Waals surface area contributed by atoms with Crippen molar-refractivity contribution in [3.05, 3.63) is 58.6 Å². The summed E-state index contributed by atoms with van der Waals surface area (Å²) >= 11 is 3.50. The minimum Gasteiger partial charge on any atom is -0.497 e. The summed E-state index contributed by atoms with van der Waals surface area (Å²) in [5, 5.41) is 3.11. The second-order valence-electron chi connectivity index (χ2n) is 5.54. The topological polar surface area (TPSA) is 50.8 Å². The molecule has 2 rings (SSSR count). The first kappa shape index (κ1) is 19.3. The highest BCUT2D eigenvalue weighted by Gasteiger charge is 2.10. The zero-order valence-electron chi connectivity index (χ0n) is 14.5. The molecule has 6 heteroatoms. The summed E-state index contributed by atoms with van der Waals surface area (Å²) in [6.45, 7) is 1.95. The molecule has 0 unspecified atom stereocenters. The van der Waals surface area contributed by atoms with Gasteiger partial charge in [0, 0.05) is 24.6 Å². The van der Waals surface area contributed by atoms with E-state index in [-0.39, 0.29) is 12.5 Å². The second-order valence-corrected chi connectivity index (χ2v) is 6.40. The van der Waals surface area contributed by atoms with Crippen molar-refractivity contribution in [2.75, 3.05) is 33.9 Å². The molecule has 0 saturated carbocycles. The molecule has 0 saturated heterocycles. The zero-order chi connectivity index (χ0) is 18.1. The predicted molar refractivity (Wildman–Crippen MR) is 102 cm³/mol. The fourth-order valence-corrected chi connectivity index (χ4v) is 2.62. The molecule has 0 fully saturated rings. The number of amides is 1. The molecule has 2 aromatic rings. The Balaban J connectivity index is 1.65. The number of hydrogen-bond acceptors (Lipinski definition) is 4. The van der Waals surface area contributed by atoms with Crippen LogP contribution in [-0.4, -0.2) is 44.7 Å². The second kappa shape index (κ2) is 10.1. The number of hydrogen-bond donors (Lipinski definition) is 1. The minimum absolute atomic E-state index is 0.0419. The maximum absolute atomic E-state index is 12.2. The van der Waals surface area contributed by atoms with Crippen LogP contribution in [0, 0.1) is 0 Å². The van der Waals surface area contributed by atoms with Crippen molar-refractivity contribution in [3.8, 4) is 11.5 Å². The molecule has 0 aliphatic carbocycles. The highest BCUT2D eigenvalue weighted by Crippen LogP contribution is 2.17. The molecule has 0 aliphatic heterocycles. The van der Waals surface area contributed by atoms with Crippen LogP contribution in [0.5, 0.6) is 11.5 Å². The van der Waals surface area contributed by atoms with E-state index in [1.165, 1.54) is 0 Å². The van der Waals surface area contributed by atoms with Gasteiger partial charge in [-0.1, -0.05) is 34.1 Å². The van der Waals surface area contributed by atoms with Crippen LogP contribution in [0.3, 0.4) is 0 Å². The van der Waals surface area contributed by atoms with E-state index in [0.29, 0.717) is 19.7 Å². The first-order chi connectivity index (χ1) is 12.1. The van der Waals surface area contributed by atoms with Gasteiger partial charge in [0.1, 0.15) is 18.1 Å². The lowest BCUT2D eigenvalue weighted by atomic mass is 10.2. The van der Waals surface area contributed by atoms with Gasteiger partial charge in [0.2, 0.25) is 5.91 Å². The van der Waals surface area contributed by atoms with Crippen molar-refractivity contribution in [1.82, 2.24) is 10.2 Å². The van der Waals surface area contributed by atoms with E-state index in [0.717, 1.165) is 21.5 Å².